The zero-order chi connectivity index (χ0) is 13.9. The molecule has 0 aromatic heterocycles. The van der Waals surface area contributed by atoms with Crippen molar-refractivity contribution < 1.29 is 4.79 Å². The van der Waals surface area contributed by atoms with Crippen LogP contribution in [0.25, 0.3) is 0 Å². The van der Waals surface area contributed by atoms with Crippen molar-refractivity contribution in [2.75, 3.05) is 32.1 Å². The van der Waals surface area contributed by atoms with Gasteiger partial charge in [-0.3, -0.25) is 4.79 Å². The first-order valence-corrected chi connectivity index (χ1v) is 6.81. The summed E-state index contributed by atoms with van der Waals surface area (Å²) in [5, 5.41) is 0. The molecule has 3 nitrogen and oxygen atoms in total. The summed E-state index contributed by atoms with van der Waals surface area (Å²) in [4.78, 5) is 15.7. The molecule has 0 bridgehead atoms. The van der Waals surface area contributed by atoms with Gasteiger partial charge in [-0.25, -0.2) is 0 Å². The highest BCUT2D eigenvalue weighted by molar-refractivity contribution is 9.10. The van der Waals surface area contributed by atoms with Crippen LogP contribution < -0.4 is 4.90 Å². The molecule has 0 aliphatic carbocycles. The summed E-state index contributed by atoms with van der Waals surface area (Å²) < 4.78 is 1.11. The van der Waals surface area contributed by atoms with Crippen LogP contribution in [0.3, 0.4) is 0 Å². The van der Waals surface area contributed by atoms with Gasteiger partial charge in [0, 0.05) is 30.2 Å². The summed E-state index contributed by atoms with van der Waals surface area (Å²) in [5.74, 6) is 0.0815. The number of rotatable bonds is 4. The Hall–Kier alpha value is -0.870. The van der Waals surface area contributed by atoms with Crippen LogP contribution in [0, 0.1) is 13.8 Å². The minimum atomic E-state index is 0.0815. The van der Waals surface area contributed by atoms with Crippen molar-refractivity contribution in [3.8, 4) is 0 Å². The van der Waals surface area contributed by atoms with Crippen LogP contribution in [0.1, 0.15) is 18.1 Å². The van der Waals surface area contributed by atoms with E-state index in [0.717, 1.165) is 27.8 Å². The van der Waals surface area contributed by atoms with Crippen molar-refractivity contribution in [1.82, 2.24) is 4.90 Å². The van der Waals surface area contributed by atoms with E-state index < -0.39 is 0 Å². The molecule has 0 aliphatic heterocycles. The maximum Gasteiger partial charge on any atom is 0.223 e. The highest BCUT2D eigenvalue weighted by atomic mass is 79.9. The molecule has 18 heavy (non-hydrogen) atoms. The summed E-state index contributed by atoms with van der Waals surface area (Å²) in [5.41, 5.74) is 3.28. The largest absolute Gasteiger partial charge is 0.311 e. The molecule has 0 spiro atoms. The molecule has 0 radical (unpaired) electrons. The fourth-order valence-corrected chi connectivity index (χ4v) is 2.08. The van der Waals surface area contributed by atoms with Crippen LogP contribution >= 0.6 is 15.9 Å². The maximum absolute atomic E-state index is 11.8. The first-order chi connectivity index (χ1) is 8.32. The summed E-state index contributed by atoms with van der Waals surface area (Å²) in [7, 11) is 4.02. The predicted molar refractivity (Wildman–Crippen MR) is 80.2 cm³/mol. The Labute approximate surface area is 118 Å². The molecule has 0 unspecified atom stereocenters. The first kappa shape index (κ1) is 15.2. The molecule has 0 aliphatic rings. The maximum atomic E-state index is 11.8. The van der Waals surface area contributed by atoms with E-state index in [-0.39, 0.29) is 5.91 Å². The molecule has 0 heterocycles. The zero-order valence-electron chi connectivity index (χ0n) is 11.7. The van der Waals surface area contributed by atoms with Gasteiger partial charge in [0.1, 0.15) is 0 Å². The third-order valence-corrected chi connectivity index (χ3v) is 4.13. The van der Waals surface area contributed by atoms with Crippen molar-refractivity contribution in [2.24, 2.45) is 0 Å². The van der Waals surface area contributed by atoms with Crippen LogP contribution in [0.15, 0.2) is 16.6 Å². The predicted octanol–water partition coefficient (Wildman–Crippen LogP) is 2.98. The van der Waals surface area contributed by atoms with Crippen molar-refractivity contribution in [1.29, 1.82) is 0 Å². The first-order valence-electron chi connectivity index (χ1n) is 6.02. The SMILES string of the molecule is CC(=O)N(CCN(C)C)c1cc(C)c(Br)c(C)c1. The molecule has 100 valence electrons. The molecule has 0 N–H and O–H groups in total. The average Bonchev–Trinajstić information content (AvgIpc) is 2.25. The molecule has 0 atom stereocenters. The normalized spacial score (nSPS) is 10.8. The van der Waals surface area contributed by atoms with Gasteiger partial charge in [-0.1, -0.05) is 15.9 Å². The fourth-order valence-electron chi connectivity index (χ4n) is 1.85. The van der Waals surface area contributed by atoms with Crippen molar-refractivity contribution in [3.63, 3.8) is 0 Å². The molecular formula is C14H21BrN2O. The van der Waals surface area contributed by atoms with Gasteiger partial charge in [-0.05, 0) is 51.2 Å². The number of hydrogen-bond donors (Lipinski definition) is 0. The van der Waals surface area contributed by atoms with Gasteiger partial charge in [0.15, 0.2) is 0 Å². The van der Waals surface area contributed by atoms with Crippen LogP contribution in [0.5, 0.6) is 0 Å². The molecular weight excluding hydrogens is 292 g/mol. The number of hydrogen-bond acceptors (Lipinski definition) is 2. The van der Waals surface area contributed by atoms with Crippen molar-refractivity contribution >= 4 is 27.5 Å². The second kappa shape index (κ2) is 6.34. The summed E-state index contributed by atoms with van der Waals surface area (Å²) >= 11 is 3.55. The minimum Gasteiger partial charge on any atom is -0.311 e. The lowest BCUT2D eigenvalue weighted by atomic mass is 10.1. The van der Waals surface area contributed by atoms with E-state index in [1.165, 1.54) is 0 Å². The van der Waals surface area contributed by atoms with Gasteiger partial charge < -0.3 is 9.80 Å². The zero-order valence-corrected chi connectivity index (χ0v) is 13.3. The number of amides is 1. The van der Waals surface area contributed by atoms with E-state index >= 15 is 0 Å². The lowest BCUT2D eigenvalue weighted by Gasteiger charge is -2.24. The Balaban J connectivity index is 3.03. The van der Waals surface area contributed by atoms with E-state index in [9.17, 15) is 4.79 Å². The Morgan fingerprint density at radius 3 is 2.06 bits per heavy atom. The highest BCUT2D eigenvalue weighted by Gasteiger charge is 2.13. The Morgan fingerprint density at radius 1 is 1.17 bits per heavy atom. The quantitative estimate of drug-likeness (QED) is 0.853. The van der Waals surface area contributed by atoms with Crippen molar-refractivity contribution in [2.45, 2.75) is 20.8 Å². The van der Waals surface area contributed by atoms with Gasteiger partial charge in [0.2, 0.25) is 5.91 Å². The average molecular weight is 313 g/mol. The fraction of sp³-hybridized carbons (Fsp3) is 0.500. The number of nitrogens with zero attached hydrogens (tertiary/aromatic N) is 2. The smallest absolute Gasteiger partial charge is 0.223 e. The van der Waals surface area contributed by atoms with Crippen LogP contribution in [-0.2, 0) is 4.79 Å². The van der Waals surface area contributed by atoms with Gasteiger partial charge >= 0.3 is 0 Å². The van der Waals surface area contributed by atoms with Crippen LogP contribution in [-0.4, -0.2) is 38.0 Å². The summed E-state index contributed by atoms with van der Waals surface area (Å²) in [6, 6.07) is 4.10. The minimum absolute atomic E-state index is 0.0815. The number of anilines is 1. The lowest BCUT2D eigenvalue weighted by Crippen LogP contribution is -2.35. The Morgan fingerprint density at radius 2 is 1.67 bits per heavy atom. The molecule has 1 rings (SSSR count). The van der Waals surface area contributed by atoms with Gasteiger partial charge in [-0.15, -0.1) is 0 Å². The number of halogens is 1. The lowest BCUT2D eigenvalue weighted by molar-refractivity contribution is -0.116. The van der Waals surface area contributed by atoms with Gasteiger partial charge in [-0.2, -0.15) is 0 Å². The molecule has 1 aromatic rings. The monoisotopic (exact) mass is 312 g/mol. The number of carbonyl (C=O) groups is 1. The number of likely N-dealkylation sites (N-methyl/N-ethyl adjacent to an activating group) is 1. The van der Waals surface area contributed by atoms with Crippen LogP contribution in [0.2, 0.25) is 0 Å². The summed E-state index contributed by atoms with van der Waals surface area (Å²) in [6.07, 6.45) is 0. The highest BCUT2D eigenvalue weighted by Crippen LogP contribution is 2.27. The van der Waals surface area contributed by atoms with E-state index in [4.69, 9.17) is 0 Å². The number of carbonyl (C=O) groups excluding carboxylic acids is 1. The van der Waals surface area contributed by atoms with E-state index in [1.54, 1.807) is 6.92 Å². The van der Waals surface area contributed by atoms with E-state index in [0.29, 0.717) is 6.54 Å². The second-order valence-corrected chi connectivity index (χ2v) is 5.66. The Bertz CT molecular complexity index is 420. The molecule has 1 amide bonds. The standard InChI is InChI=1S/C14H21BrN2O/c1-10-8-13(9-11(2)14(10)15)17(12(3)18)7-6-16(4)5/h8-9H,6-7H2,1-5H3. The van der Waals surface area contributed by atoms with Gasteiger partial charge in [0.25, 0.3) is 0 Å². The third kappa shape index (κ3) is 3.82. The number of aryl methyl sites for hydroxylation is 2. The van der Waals surface area contributed by atoms with Crippen LogP contribution in [0.4, 0.5) is 5.69 Å². The summed E-state index contributed by atoms with van der Waals surface area (Å²) in [6.45, 7) is 7.27. The molecule has 0 saturated carbocycles. The van der Waals surface area contributed by atoms with E-state index in [2.05, 4.69) is 20.8 Å². The topological polar surface area (TPSA) is 23.6 Å². The Kier molecular flexibility index (Phi) is 5.35. The second-order valence-electron chi connectivity index (χ2n) is 4.87. The third-order valence-electron chi connectivity index (χ3n) is 2.88. The van der Waals surface area contributed by atoms with Gasteiger partial charge in [0.05, 0.1) is 0 Å². The van der Waals surface area contributed by atoms with Crippen molar-refractivity contribution in [3.05, 3.63) is 27.7 Å². The van der Waals surface area contributed by atoms with E-state index in [1.807, 2.05) is 45.0 Å². The molecule has 4 heteroatoms. The molecule has 1 aromatic carbocycles. The molecule has 0 saturated heterocycles. The number of benzene rings is 1. The molecule has 0 fully saturated rings.